The Morgan fingerprint density at radius 3 is 2.40 bits per heavy atom. The fraction of sp³-hybridized carbons (Fsp3) is 0.395. The molecule has 0 bridgehead atoms. The van der Waals surface area contributed by atoms with Gasteiger partial charge in [0, 0.05) is 29.7 Å². The van der Waals surface area contributed by atoms with Crippen molar-refractivity contribution in [2.24, 2.45) is 0 Å². The lowest BCUT2D eigenvalue weighted by Crippen LogP contribution is -2.36. The summed E-state index contributed by atoms with van der Waals surface area (Å²) in [6, 6.07) is 15.9. The Morgan fingerprint density at radius 2 is 1.64 bits per heavy atom. The molecule has 3 saturated heterocycles. The Labute approximate surface area is 287 Å². The van der Waals surface area contributed by atoms with Crippen LogP contribution in [0.5, 0.6) is 0 Å². The van der Waals surface area contributed by atoms with E-state index in [2.05, 4.69) is 20.3 Å². The number of nitrogens with zero attached hydrogens (tertiary/aromatic N) is 3. The van der Waals surface area contributed by atoms with Crippen LogP contribution in [-0.4, -0.2) is 68.6 Å². The molecule has 1 aliphatic carbocycles. The third-order valence-electron chi connectivity index (χ3n) is 10.2. The first-order chi connectivity index (χ1) is 24.0. The molecular formula is C38H38F2N6O4. The minimum Gasteiger partial charge on any atom is -0.444 e. The van der Waals surface area contributed by atoms with Crippen LogP contribution in [0.1, 0.15) is 74.9 Å². The monoisotopic (exact) mass is 680 g/mol. The summed E-state index contributed by atoms with van der Waals surface area (Å²) in [5.74, 6) is -2.37. The summed E-state index contributed by atoms with van der Waals surface area (Å²) in [4.78, 5) is 30.6. The van der Waals surface area contributed by atoms with Crippen LogP contribution in [0.3, 0.4) is 0 Å². The SMILES string of the molecule is CC(C)(C)OC(=O)N1CCC[C@@H]1c1ncc(-c2ccc3c(c2)C(F)(F)c2cc(-c4ccc5nc([C@@H]6CC7(CN6)OCCO7)[nH]c5c4)ccc2-3)[nH]1. The van der Waals surface area contributed by atoms with E-state index in [1.165, 1.54) is 0 Å². The van der Waals surface area contributed by atoms with Crippen LogP contribution in [0.25, 0.3) is 44.5 Å². The number of halogens is 2. The zero-order chi connectivity index (χ0) is 34.4. The van der Waals surface area contributed by atoms with E-state index in [0.717, 1.165) is 35.3 Å². The quantitative estimate of drug-likeness (QED) is 0.179. The molecule has 10 nitrogen and oxygen atoms in total. The molecule has 50 heavy (non-hydrogen) atoms. The van der Waals surface area contributed by atoms with Crippen LogP contribution in [-0.2, 0) is 20.1 Å². The number of alkyl halides is 2. The van der Waals surface area contributed by atoms with Crippen molar-refractivity contribution in [3.05, 3.63) is 83.6 Å². The number of likely N-dealkylation sites (tertiary alicyclic amines) is 1. The van der Waals surface area contributed by atoms with E-state index in [4.69, 9.17) is 19.2 Å². The second-order valence-electron chi connectivity index (χ2n) is 14.7. The van der Waals surface area contributed by atoms with Gasteiger partial charge in [0.1, 0.15) is 17.2 Å². The van der Waals surface area contributed by atoms with Crippen molar-refractivity contribution in [2.45, 2.75) is 69.4 Å². The van der Waals surface area contributed by atoms with Gasteiger partial charge < -0.3 is 29.5 Å². The number of amides is 1. The number of nitrogens with one attached hydrogen (secondary N) is 3. The summed E-state index contributed by atoms with van der Waals surface area (Å²) >= 11 is 0. The summed E-state index contributed by atoms with van der Waals surface area (Å²) in [6.45, 7) is 7.87. The van der Waals surface area contributed by atoms with E-state index in [0.29, 0.717) is 66.5 Å². The zero-order valence-electron chi connectivity index (χ0n) is 28.1. The molecule has 3 aliphatic heterocycles. The Morgan fingerprint density at radius 1 is 0.940 bits per heavy atom. The molecule has 3 N–H and O–H groups in total. The van der Waals surface area contributed by atoms with Gasteiger partial charge in [0.25, 0.3) is 5.92 Å². The first-order valence-electron chi connectivity index (χ1n) is 17.2. The third-order valence-corrected chi connectivity index (χ3v) is 10.2. The van der Waals surface area contributed by atoms with Crippen LogP contribution in [0.15, 0.2) is 60.8 Å². The van der Waals surface area contributed by atoms with E-state index in [1.54, 1.807) is 35.4 Å². The number of hydrogen-bond donors (Lipinski definition) is 3. The average Bonchev–Trinajstić information content (AvgIpc) is 3.94. The second kappa shape index (κ2) is 11.2. The molecule has 5 aromatic rings. The molecule has 0 unspecified atom stereocenters. The summed E-state index contributed by atoms with van der Waals surface area (Å²) in [5, 5.41) is 3.45. The number of H-pyrrole nitrogens is 2. The summed E-state index contributed by atoms with van der Waals surface area (Å²) in [5.41, 5.74) is 4.73. The van der Waals surface area contributed by atoms with Crippen molar-refractivity contribution in [3.8, 4) is 33.5 Å². The number of benzene rings is 3. The highest BCUT2D eigenvalue weighted by atomic mass is 19.3. The minimum absolute atomic E-state index is 0.0196. The highest BCUT2D eigenvalue weighted by Crippen LogP contribution is 2.53. The van der Waals surface area contributed by atoms with Gasteiger partial charge in [0.2, 0.25) is 0 Å². The number of imidazole rings is 2. The Hall–Kier alpha value is -4.65. The van der Waals surface area contributed by atoms with Gasteiger partial charge in [-0.05, 0) is 80.1 Å². The Kier molecular flexibility index (Phi) is 7.01. The fourth-order valence-electron chi connectivity index (χ4n) is 7.83. The summed E-state index contributed by atoms with van der Waals surface area (Å²) < 4.78 is 49.8. The number of aromatic amines is 2. The fourth-order valence-corrected chi connectivity index (χ4v) is 7.83. The number of rotatable bonds is 4. The summed E-state index contributed by atoms with van der Waals surface area (Å²) in [6.07, 6.45) is 3.49. The zero-order valence-corrected chi connectivity index (χ0v) is 28.1. The van der Waals surface area contributed by atoms with Crippen LogP contribution in [0.4, 0.5) is 13.6 Å². The van der Waals surface area contributed by atoms with Gasteiger partial charge in [-0.3, -0.25) is 4.90 Å². The number of carbonyl (C=O) groups is 1. The van der Waals surface area contributed by atoms with Gasteiger partial charge in [0.05, 0.1) is 54.8 Å². The number of fused-ring (bicyclic) bond motifs is 4. The largest absolute Gasteiger partial charge is 0.444 e. The predicted octanol–water partition coefficient (Wildman–Crippen LogP) is 7.59. The van der Waals surface area contributed by atoms with Gasteiger partial charge in [-0.1, -0.05) is 30.3 Å². The van der Waals surface area contributed by atoms with E-state index >= 15 is 8.78 Å². The van der Waals surface area contributed by atoms with E-state index in [-0.39, 0.29) is 29.3 Å². The molecule has 2 atom stereocenters. The number of carbonyl (C=O) groups excluding carboxylic acids is 1. The van der Waals surface area contributed by atoms with Crippen molar-refractivity contribution in [1.82, 2.24) is 30.2 Å². The van der Waals surface area contributed by atoms with Crippen LogP contribution in [0, 0.1) is 0 Å². The molecule has 258 valence electrons. The molecule has 12 heteroatoms. The van der Waals surface area contributed by atoms with Crippen LogP contribution < -0.4 is 5.32 Å². The normalized spacial score (nSPS) is 22.1. The highest BCUT2D eigenvalue weighted by molar-refractivity contribution is 5.87. The van der Waals surface area contributed by atoms with E-state index < -0.39 is 17.3 Å². The molecule has 4 aliphatic rings. The standard InChI is InChI=1S/C38H38F2N6O4/c1-36(2,3)50-35(47)46-12-4-5-32(46)34-41-19-31(45-34)23-7-10-25-24-9-6-21(15-26(24)38(39,40)27(25)16-23)22-8-11-28-29(17-22)44-33(43-28)30-18-37(20-42-30)48-13-14-49-37/h6-11,15-17,19,30,32,42H,4-5,12-14,18,20H2,1-3H3,(H,41,45)(H,43,44)/t30-,32+/m0/s1. The maximum absolute atomic E-state index is 16.3. The molecule has 5 heterocycles. The smallest absolute Gasteiger partial charge is 0.410 e. The molecule has 3 fully saturated rings. The minimum atomic E-state index is -3.20. The topological polar surface area (TPSA) is 117 Å². The van der Waals surface area contributed by atoms with Gasteiger partial charge in [-0.25, -0.2) is 14.8 Å². The Balaban J connectivity index is 0.966. The lowest BCUT2D eigenvalue weighted by molar-refractivity contribution is -0.141. The molecule has 0 radical (unpaired) electrons. The lowest BCUT2D eigenvalue weighted by Gasteiger charge is -2.27. The molecule has 3 aromatic carbocycles. The first-order valence-corrected chi connectivity index (χ1v) is 17.2. The molecule has 1 spiro atoms. The third kappa shape index (κ3) is 5.19. The predicted molar refractivity (Wildman–Crippen MR) is 182 cm³/mol. The van der Waals surface area contributed by atoms with Gasteiger partial charge in [0.15, 0.2) is 5.79 Å². The lowest BCUT2D eigenvalue weighted by atomic mass is 9.98. The average molecular weight is 681 g/mol. The van der Waals surface area contributed by atoms with Crippen molar-refractivity contribution in [2.75, 3.05) is 26.3 Å². The Bertz CT molecular complexity index is 2150. The maximum Gasteiger partial charge on any atom is 0.410 e. The first kappa shape index (κ1) is 31.3. The van der Waals surface area contributed by atoms with Crippen molar-refractivity contribution >= 4 is 17.1 Å². The van der Waals surface area contributed by atoms with Gasteiger partial charge in [-0.15, -0.1) is 0 Å². The van der Waals surface area contributed by atoms with Crippen LogP contribution >= 0.6 is 0 Å². The van der Waals surface area contributed by atoms with E-state index in [1.807, 2.05) is 51.1 Å². The highest BCUT2D eigenvalue weighted by Gasteiger charge is 2.46. The molecule has 9 rings (SSSR count). The molecule has 1 amide bonds. The molecule has 2 aromatic heterocycles. The van der Waals surface area contributed by atoms with Crippen molar-refractivity contribution in [1.29, 1.82) is 0 Å². The molecule has 0 saturated carbocycles. The van der Waals surface area contributed by atoms with Gasteiger partial charge >= 0.3 is 6.09 Å². The number of ether oxygens (including phenoxy) is 3. The number of aromatic nitrogens is 4. The van der Waals surface area contributed by atoms with Gasteiger partial charge in [-0.2, -0.15) is 8.78 Å². The number of hydrogen-bond acceptors (Lipinski definition) is 7. The van der Waals surface area contributed by atoms with Crippen molar-refractivity contribution in [3.63, 3.8) is 0 Å². The van der Waals surface area contributed by atoms with Crippen LogP contribution in [0.2, 0.25) is 0 Å². The molecular weight excluding hydrogens is 642 g/mol. The summed E-state index contributed by atoms with van der Waals surface area (Å²) in [7, 11) is 0. The second-order valence-corrected chi connectivity index (χ2v) is 14.7. The van der Waals surface area contributed by atoms with E-state index in [9.17, 15) is 4.79 Å². The maximum atomic E-state index is 16.3. The van der Waals surface area contributed by atoms with Crippen molar-refractivity contribution < 1.29 is 27.8 Å².